The lowest BCUT2D eigenvalue weighted by molar-refractivity contribution is 0.343. The molecule has 0 radical (unpaired) electrons. The van der Waals surface area contributed by atoms with E-state index in [-0.39, 0.29) is 12.4 Å². The molecule has 12 heavy (non-hydrogen) atoms. The van der Waals surface area contributed by atoms with Gasteiger partial charge in [0.05, 0.1) is 6.61 Å². The molecule has 0 fully saturated rings. The van der Waals surface area contributed by atoms with E-state index < -0.39 is 5.82 Å². The predicted octanol–water partition coefficient (Wildman–Crippen LogP) is 1.54. The van der Waals surface area contributed by atoms with Crippen molar-refractivity contribution in [1.82, 2.24) is 0 Å². The van der Waals surface area contributed by atoms with Crippen LogP contribution >= 0.6 is 0 Å². The van der Waals surface area contributed by atoms with Crippen molar-refractivity contribution in [3.05, 3.63) is 35.7 Å². The molecular weight excluding hydrogens is 159 g/mol. The van der Waals surface area contributed by atoms with Crippen LogP contribution in [0.1, 0.15) is 5.56 Å². The Bertz CT molecular complexity index is 274. The van der Waals surface area contributed by atoms with Gasteiger partial charge in [0.2, 0.25) is 0 Å². The smallest absolute Gasteiger partial charge is 0.127 e. The van der Waals surface area contributed by atoms with E-state index in [2.05, 4.69) is 0 Å². The van der Waals surface area contributed by atoms with Crippen molar-refractivity contribution in [2.24, 2.45) is 0 Å². The van der Waals surface area contributed by atoms with E-state index in [0.717, 1.165) is 6.07 Å². The fourth-order valence-electron chi connectivity index (χ4n) is 0.881. The molecule has 0 atom stereocenters. The van der Waals surface area contributed by atoms with Crippen molar-refractivity contribution in [1.29, 1.82) is 0 Å². The third-order valence-corrected chi connectivity index (χ3v) is 1.32. The van der Waals surface area contributed by atoms with Crippen LogP contribution < -0.4 is 0 Å². The molecule has 2 nitrogen and oxygen atoms in total. The molecule has 0 saturated heterocycles. The molecule has 0 heterocycles. The van der Waals surface area contributed by atoms with Crippen LogP contribution in [0.3, 0.4) is 0 Å². The van der Waals surface area contributed by atoms with E-state index in [1.54, 1.807) is 0 Å². The van der Waals surface area contributed by atoms with Gasteiger partial charge < -0.3 is 10.2 Å². The lowest BCUT2D eigenvalue weighted by Gasteiger charge is -1.95. The highest BCUT2D eigenvalue weighted by molar-refractivity contribution is 5.51. The highest BCUT2D eigenvalue weighted by Crippen LogP contribution is 2.15. The molecular formula is C9H9FO2. The molecule has 0 aliphatic carbocycles. The van der Waals surface area contributed by atoms with Crippen molar-refractivity contribution in [3.63, 3.8) is 0 Å². The largest absolute Gasteiger partial charge is 0.508 e. The van der Waals surface area contributed by atoms with Gasteiger partial charge in [-0.2, -0.15) is 0 Å². The number of rotatable bonds is 2. The average molecular weight is 168 g/mol. The Kier molecular flexibility index (Phi) is 2.82. The summed E-state index contributed by atoms with van der Waals surface area (Å²) in [4.78, 5) is 0. The summed E-state index contributed by atoms with van der Waals surface area (Å²) in [6.07, 6.45) is 3.00. The van der Waals surface area contributed by atoms with Crippen LogP contribution in [-0.4, -0.2) is 16.8 Å². The van der Waals surface area contributed by atoms with Crippen LogP contribution in [0.15, 0.2) is 24.3 Å². The van der Waals surface area contributed by atoms with Crippen LogP contribution in [0.25, 0.3) is 6.08 Å². The van der Waals surface area contributed by atoms with Gasteiger partial charge in [0, 0.05) is 6.07 Å². The Morgan fingerprint density at radius 3 is 2.67 bits per heavy atom. The van der Waals surface area contributed by atoms with Gasteiger partial charge in [0.15, 0.2) is 0 Å². The first-order valence-corrected chi connectivity index (χ1v) is 3.49. The zero-order valence-electron chi connectivity index (χ0n) is 6.37. The monoisotopic (exact) mass is 168 g/mol. The van der Waals surface area contributed by atoms with E-state index in [0.29, 0.717) is 5.56 Å². The Balaban J connectivity index is 2.93. The second-order valence-electron chi connectivity index (χ2n) is 2.33. The summed E-state index contributed by atoms with van der Waals surface area (Å²) in [7, 11) is 0. The van der Waals surface area contributed by atoms with E-state index in [4.69, 9.17) is 10.2 Å². The average Bonchev–Trinajstić information content (AvgIpc) is 1.99. The summed E-state index contributed by atoms with van der Waals surface area (Å²) in [6.45, 7) is -0.0999. The van der Waals surface area contributed by atoms with Crippen LogP contribution in [0.5, 0.6) is 5.75 Å². The molecule has 3 heteroatoms. The maximum atomic E-state index is 12.6. The van der Waals surface area contributed by atoms with E-state index in [9.17, 15) is 4.39 Å². The van der Waals surface area contributed by atoms with Crippen molar-refractivity contribution >= 4 is 6.08 Å². The summed E-state index contributed by atoms with van der Waals surface area (Å²) in [5.41, 5.74) is 0.529. The lowest BCUT2D eigenvalue weighted by Crippen LogP contribution is -1.78. The summed E-state index contributed by atoms with van der Waals surface area (Å²) in [6, 6.07) is 3.71. The number of aliphatic hydroxyl groups is 1. The maximum absolute atomic E-state index is 12.6. The molecule has 0 unspecified atom stereocenters. The first kappa shape index (κ1) is 8.74. The first-order valence-electron chi connectivity index (χ1n) is 3.49. The standard InChI is InChI=1S/C9H9FO2/c10-8-4-7(2-1-3-11)5-9(12)6-8/h1-2,4-6,11-12H,3H2/b2-1+. The number of aromatic hydroxyl groups is 1. The number of benzene rings is 1. The van der Waals surface area contributed by atoms with Gasteiger partial charge in [0.1, 0.15) is 11.6 Å². The van der Waals surface area contributed by atoms with E-state index in [1.807, 2.05) is 0 Å². The van der Waals surface area contributed by atoms with Crippen molar-refractivity contribution < 1.29 is 14.6 Å². The molecule has 1 aromatic carbocycles. The van der Waals surface area contributed by atoms with Gasteiger partial charge in [0.25, 0.3) is 0 Å². The summed E-state index contributed by atoms with van der Waals surface area (Å²) >= 11 is 0. The van der Waals surface area contributed by atoms with Crippen LogP contribution in [0, 0.1) is 5.82 Å². The Morgan fingerprint density at radius 2 is 2.08 bits per heavy atom. The molecule has 0 amide bonds. The van der Waals surface area contributed by atoms with Gasteiger partial charge in [-0.05, 0) is 17.7 Å². The minimum absolute atomic E-state index is 0.0999. The van der Waals surface area contributed by atoms with Crippen LogP contribution in [0.4, 0.5) is 4.39 Å². The minimum Gasteiger partial charge on any atom is -0.508 e. The lowest BCUT2D eigenvalue weighted by atomic mass is 10.2. The van der Waals surface area contributed by atoms with Gasteiger partial charge >= 0.3 is 0 Å². The summed E-state index contributed by atoms with van der Waals surface area (Å²) < 4.78 is 12.6. The first-order chi connectivity index (χ1) is 5.72. The minimum atomic E-state index is -0.493. The number of hydrogen-bond donors (Lipinski definition) is 2. The number of phenolic OH excluding ortho intramolecular Hbond substituents is 1. The quantitative estimate of drug-likeness (QED) is 0.703. The number of aliphatic hydroxyl groups excluding tert-OH is 1. The van der Waals surface area contributed by atoms with Gasteiger partial charge in [-0.3, -0.25) is 0 Å². The van der Waals surface area contributed by atoms with E-state index >= 15 is 0 Å². The zero-order valence-corrected chi connectivity index (χ0v) is 6.37. The van der Waals surface area contributed by atoms with Crippen molar-refractivity contribution in [2.45, 2.75) is 0 Å². The Hall–Kier alpha value is -1.35. The van der Waals surface area contributed by atoms with Gasteiger partial charge in [-0.25, -0.2) is 4.39 Å². The third kappa shape index (κ3) is 2.36. The molecule has 0 saturated carbocycles. The molecule has 0 aliphatic rings. The molecule has 0 spiro atoms. The molecule has 0 bridgehead atoms. The Labute approximate surface area is 69.6 Å². The number of phenols is 1. The second kappa shape index (κ2) is 3.88. The summed E-state index contributed by atoms with van der Waals surface area (Å²) in [5.74, 6) is -0.611. The van der Waals surface area contributed by atoms with Crippen LogP contribution in [-0.2, 0) is 0 Å². The number of hydrogen-bond acceptors (Lipinski definition) is 2. The SMILES string of the molecule is OC/C=C/c1cc(O)cc(F)c1. The third-order valence-electron chi connectivity index (χ3n) is 1.32. The highest BCUT2D eigenvalue weighted by Gasteiger charge is 1.95. The number of halogens is 1. The second-order valence-corrected chi connectivity index (χ2v) is 2.33. The predicted molar refractivity (Wildman–Crippen MR) is 44.2 cm³/mol. The molecule has 0 aromatic heterocycles. The van der Waals surface area contributed by atoms with E-state index in [1.165, 1.54) is 24.3 Å². The molecule has 1 aromatic rings. The fraction of sp³-hybridized carbons (Fsp3) is 0.111. The van der Waals surface area contributed by atoms with Crippen molar-refractivity contribution in [3.8, 4) is 5.75 Å². The Morgan fingerprint density at radius 1 is 1.33 bits per heavy atom. The fourth-order valence-corrected chi connectivity index (χ4v) is 0.881. The molecule has 2 N–H and O–H groups in total. The maximum Gasteiger partial charge on any atom is 0.127 e. The van der Waals surface area contributed by atoms with Crippen molar-refractivity contribution in [2.75, 3.05) is 6.61 Å². The van der Waals surface area contributed by atoms with Gasteiger partial charge in [-0.1, -0.05) is 12.2 Å². The molecule has 64 valence electrons. The topological polar surface area (TPSA) is 40.5 Å². The molecule has 0 aliphatic heterocycles. The molecule has 1 rings (SSSR count). The summed E-state index contributed by atoms with van der Waals surface area (Å²) in [5, 5.41) is 17.4. The van der Waals surface area contributed by atoms with Crippen LogP contribution in [0.2, 0.25) is 0 Å². The zero-order chi connectivity index (χ0) is 8.97. The van der Waals surface area contributed by atoms with Gasteiger partial charge in [-0.15, -0.1) is 0 Å². The normalized spacial score (nSPS) is 10.8. The highest BCUT2D eigenvalue weighted by atomic mass is 19.1.